The van der Waals surface area contributed by atoms with Crippen LogP contribution in [0, 0.1) is 5.92 Å². The van der Waals surface area contributed by atoms with Crippen molar-refractivity contribution in [2.24, 2.45) is 17.4 Å². The van der Waals surface area contributed by atoms with E-state index in [9.17, 15) is 18.0 Å². The van der Waals surface area contributed by atoms with Crippen molar-refractivity contribution in [3.63, 3.8) is 0 Å². The van der Waals surface area contributed by atoms with E-state index in [1.165, 1.54) is 6.92 Å². The van der Waals surface area contributed by atoms with Crippen molar-refractivity contribution in [1.82, 2.24) is 0 Å². The van der Waals surface area contributed by atoms with E-state index in [2.05, 4.69) is 0 Å². The molecule has 1 rings (SSSR count). The summed E-state index contributed by atoms with van der Waals surface area (Å²) >= 11 is 0. The van der Waals surface area contributed by atoms with E-state index in [0.717, 1.165) is 0 Å². The summed E-state index contributed by atoms with van der Waals surface area (Å²) in [6.45, 7) is 1.18. The molecule has 4 N–H and O–H groups in total. The fourth-order valence-electron chi connectivity index (χ4n) is 1.92. The van der Waals surface area contributed by atoms with Crippen LogP contribution in [0.5, 0.6) is 0 Å². The van der Waals surface area contributed by atoms with Gasteiger partial charge in [-0.25, -0.2) is 8.42 Å². The first kappa shape index (κ1) is 12.0. The predicted octanol–water partition coefficient (Wildman–Crippen LogP) is -1.46. The molecule has 2 atom stereocenters. The maximum atomic E-state index is 11.8. The summed E-state index contributed by atoms with van der Waals surface area (Å²) < 4.78 is 21.7. The summed E-state index contributed by atoms with van der Waals surface area (Å²) in [6, 6.07) is 0. The molecule has 0 radical (unpaired) electrons. The molecule has 0 aliphatic carbocycles. The van der Waals surface area contributed by atoms with Gasteiger partial charge in [0, 0.05) is 0 Å². The van der Waals surface area contributed by atoms with Gasteiger partial charge in [0.25, 0.3) is 0 Å². The molecule has 0 aromatic carbocycles. The summed E-state index contributed by atoms with van der Waals surface area (Å²) in [5, 5.41) is 0. The van der Waals surface area contributed by atoms with Crippen molar-refractivity contribution in [3.8, 4) is 0 Å². The fraction of sp³-hybridized carbons (Fsp3) is 0.750. The lowest BCUT2D eigenvalue weighted by Gasteiger charge is -2.36. The highest BCUT2D eigenvalue weighted by atomic mass is 32.2. The van der Waals surface area contributed by atoms with Gasteiger partial charge in [-0.2, -0.15) is 0 Å². The second-order valence-corrected chi connectivity index (χ2v) is 6.37. The van der Waals surface area contributed by atoms with E-state index in [1.807, 2.05) is 0 Å². The highest BCUT2D eigenvalue weighted by Crippen LogP contribution is 2.35. The lowest BCUT2D eigenvalue weighted by Crippen LogP contribution is -2.59. The number of nitrogens with two attached hydrogens (primary N) is 2. The van der Waals surface area contributed by atoms with Gasteiger partial charge in [-0.3, -0.25) is 9.59 Å². The van der Waals surface area contributed by atoms with Crippen molar-refractivity contribution in [1.29, 1.82) is 0 Å². The zero-order chi connectivity index (χ0) is 11.9. The number of hydrogen-bond donors (Lipinski definition) is 2. The third kappa shape index (κ3) is 1.60. The second kappa shape index (κ2) is 3.48. The van der Waals surface area contributed by atoms with Crippen LogP contribution in [-0.2, 0) is 19.4 Å². The molecule has 2 amide bonds. The minimum atomic E-state index is -3.69. The standard InChI is InChI=1S/C8H14N2O4S/c1-8(7(10)12)5(6(9)11)3-2-4-15(8,13)14/h5H,2-4H2,1H3,(H2,9,11)(H2,10,12). The molecule has 1 aliphatic heterocycles. The Labute approximate surface area is 87.9 Å². The Balaban J connectivity index is 3.32. The quantitative estimate of drug-likeness (QED) is 0.606. The zero-order valence-electron chi connectivity index (χ0n) is 8.39. The molecule has 0 saturated carbocycles. The Morgan fingerprint density at radius 1 is 1.33 bits per heavy atom. The van der Waals surface area contributed by atoms with Crippen LogP contribution in [0.15, 0.2) is 0 Å². The predicted molar refractivity (Wildman–Crippen MR) is 53.3 cm³/mol. The smallest absolute Gasteiger partial charge is 0.239 e. The molecule has 0 bridgehead atoms. The second-order valence-electron chi connectivity index (χ2n) is 3.89. The lowest BCUT2D eigenvalue weighted by molar-refractivity contribution is -0.129. The first-order chi connectivity index (χ1) is 6.73. The number of carbonyl (C=O) groups excluding carboxylic acids is 2. The van der Waals surface area contributed by atoms with Gasteiger partial charge in [-0.15, -0.1) is 0 Å². The normalized spacial score (nSPS) is 34.6. The molecular formula is C8H14N2O4S. The number of amides is 2. The summed E-state index contributed by atoms with van der Waals surface area (Å²) in [4.78, 5) is 22.4. The first-order valence-electron chi connectivity index (χ1n) is 4.55. The van der Waals surface area contributed by atoms with Gasteiger partial charge in [0.1, 0.15) is 0 Å². The highest BCUT2D eigenvalue weighted by molar-refractivity contribution is 7.93. The Kier molecular flexibility index (Phi) is 2.77. The van der Waals surface area contributed by atoms with Crippen LogP contribution in [0.2, 0.25) is 0 Å². The van der Waals surface area contributed by atoms with E-state index in [4.69, 9.17) is 11.5 Å². The lowest BCUT2D eigenvalue weighted by atomic mass is 9.87. The number of primary amides is 2. The Bertz CT molecular complexity index is 403. The molecule has 0 aromatic rings. The minimum Gasteiger partial charge on any atom is -0.369 e. The average molecular weight is 234 g/mol. The maximum Gasteiger partial charge on any atom is 0.239 e. The molecule has 1 heterocycles. The molecule has 0 spiro atoms. The molecule has 1 fully saturated rings. The molecule has 1 aliphatic rings. The maximum absolute atomic E-state index is 11.8. The average Bonchev–Trinajstić information content (AvgIpc) is 2.08. The van der Waals surface area contributed by atoms with Gasteiger partial charge in [0.15, 0.2) is 14.6 Å². The number of carbonyl (C=O) groups is 2. The van der Waals surface area contributed by atoms with Crippen molar-refractivity contribution in [2.45, 2.75) is 24.5 Å². The van der Waals surface area contributed by atoms with Gasteiger partial charge in [-0.1, -0.05) is 0 Å². The number of rotatable bonds is 2. The van der Waals surface area contributed by atoms with Crippen molar-refractivity contribution >= 4 is 21.7 Å². The molecule has 2 unspecified atom stereocenters. The van der Waals surface area contributed by atoms with Gasteiger partial charge >= 0.3 is 0 Å². The SMILES string of the molecule is CC1(C(N)=O)C(C(N)=O)CCCS1(=O)=O. The third-order valence-corrected chi connectivity index (χ3v) is 5.65. The number of sulfone groups is 1. The molecule has 7 heteroatoms. The molecule has 15 heavy (non-hydrogen) atoms. The van der Waals surface area contributed by atoms with E-state index in [0.29, 0.717) is 6.42 Å². The molecule has 0 aromatic heterocycles. The molecule has 1 saturated heterocycles. The highest BCUT2D eigenvalue weighted by Gasteiger charge is 2.55. The van der Waals surface area contributed by atoms with E-state index < -0.39 is 32.3 Å². The summed E-state index contributed by atoms with van der Waals surface area (Å²) in [6.07, 6.45) is 0.618. The Morgan fingerprint density at radius 2 is 1.87 bits per heavy atom. The van der Waals surface area contributed by atoms with Crippen LogP contribution in [0.3, 0.4) is 0 Å². The topological polar surface area (TPSA) is 120 Å². The van der Waals surface area contributed by atoms with Crippen LogP contribution < -0.4 is 11.5 Å². The van der Waals surface area contributed by atoms with Crippen molar-refractivity contribution < 1.29 is 18.0 Å². The van der Waals surface area contributed by atoms with Crippen molar-refractivity contribution in [2.75, 3.05) is 5.75 Å². The van der Waals surface area contributed by atoms with Crippen LogP contribution in [-0.4, -0.2) is 30.7 Å². The van der Waals surface area contributed by atoms with Crippen LogP contribution in [0.25, 0.3) is 0 Å². The fourth-order valence-corrected chi connectivity index (χ4v) is 3.87. The van der Waals surface area contributed by atoms with E-state index >= 15 is 0 Å². The largest absolute Gasteiger partial charge is 0.369 e. The van der Waals surface area contributed by atoms with Gasteiger partial charge in [0.05, 0.1) is 11.7 Å². The van der Waals surface area contributed by atoms with Gasteiger partial charge in [-0.05, 0) is 19.8 Å². The monoisotopic (exact) mass is 234 g/mol. The third-order valence-electron chi connectivity index (χ3n) is 3.05. The Morgan fingerprint density at radius 3 is 2.20 bits per heavy atom. The van der Waals surface area contributed by atoms with Crippen LogP contribution in [0.4, 0.5) is 0 Å². The van der Waals surface area contributed by atoms with Gasteiger partial charge in [0.2, 0.25) is 11.8 Å². The van der Waals surface area contributed by atoms with E-state index in [-0.39, 0.29) is 12.2 Å². The Hall–Kier alpha value is -1.11. The summed E-state index contributed by atoms with van der Waals surface area (Å²) in [5.41, 5.74) is 10.2. The molecular weight excluding hydrogens is 220 g/mol. The summed E-state index contributed by atoms with van der Waals surface area (Å²) in [7, 11) is -3.69. The molecule has 86 valence electrons. The minimum absolute atomic E-state index is 0.129. The number of hydrogen-bond acceptors (Lipinski definition) is 4. The van der Waals surface area contributed by atoms with E-state index in [1.54, 1.807) is 0 Å². The van der Waals surface area contributed by atoms with Crippen molar-refractivity contribution in [3.05, 3.63) is 0 Å². The van der Waals surface area contributed by atoms with Crippen LogP contribution in [0.1, 0.15) is 19.8 Å². The first-order valence-corrected chi connectivity index (χ1v) is 6.20. The summed E-state index contributed by atoms with van der Waals surface area (Å²) in [5.74, 6) is -2.95. The van der Waals surface area contributed by atoms with Gasteiger partial charge < -0.3 is 11.5 Å². The zero-order valence-corrected chi connectivity index (χ0v) is 9.21. The molecule has 6 nitrogen and oxygen atoms in total. The van der Waals surface area contributed by atoms with Crippen LogP contribution >= 0.6 is 0 Å².